The standard InChI is InChI=1S/C18H28N4O2/c1-21(2)16-8-9-17(20-19-16)24-15-11-12-22(13-15)18(23)10-7-14-5-3-4-6-14/h8-9,14-15H,3-7,10-13H2,1-2H3/t15-/m0/s1. The second-order valence-electron chi connectivity index (χ2n) is 7.18. The molecule has 2 fully saturated rings. The molecule has 1 aliphatic heterocycles. The number of amides is 1. The van der Waals surface area contributed by atoms with Crippen molar-refractivity contribution in [2.45, 2.75) is 51.0 Å². The van der Waals surface area contributed by atoms with Crippen molar-refractivity contribution in [3.8, 4) is 5.88 Å². The monoisotopic (exact) mass is 332 g/mol. The normalized spacial score (nSPS) is 21.2. The molecule has 132 valence electrons. The van der Waals surface area contributed by atoms with Crippen LogP contribution in [0.15, 0.2) is 12.1 Å². The molecule has 3 rings (SSSR count). The molecule has 2 aliphatic rings. The number of hydrogen-bond donors (Lipinski definition) is 0. The molecule has 1 aliphatic carbocycles. The molecular weight excluding hydrogens is 304 g/mol. The average molecular weight is 332 g/mol. The molecule has 6 nitrogen and oxygen atoms in total. The Morgan fingerprint density at radius 1 is 1.25 bits per heavy atom. The second kappa shape index (κ2) is 7.81. The summed E-state index contributed by atoms with van der Waals surface area (Å²) in [6.07, 6.45) is 7.93. The smallest absolute Gasteiger partial charge is 0.233 e. The molecule has 0 N–H and O–H groups in total. The van der Waals surface area contributed by atoms with Gasteiger partial charge in [0.2, 0.25) is 11.8 Å². The van der Waals surface area contributed by atoms with Gasteiger partial charge in [0, 0.05) is 39.5 Å². The van der Waals surface area contributed by atoms with Crippen LogP contribution in [0.1, 0.15) is 44.9 Å². The zero-order valence-electron chi connectivity index (χ0n) is 14.8. The van der Waals surface area contributed by atoms with E-state index in [1.54, 1.807) is 0 Å². The highest BCUT2D eigenvalue weighted by Crippen LogP contribution is 2.29. The van der Waals surface area contributed by atoms with Gasteiger partial charge in [0.1, 0.15) is 6.10 Å². The largest absolute Gasteiger partial charge is 0.471 e. The Balaban J connectivity index is 1.43. The Kier molecular flexibility index (Phi) is 5.53. The summed E-state index contributed by atoms with van der Waals surface area (Å²) in [4.78, 5) is 16.2. The van der Waals surface area contributed by atoms with Gasteiger partial charge in [0.05, 0.1) is 6.54 Å². The van der Waals surface area contributed by atoms with Gasteiger partial charge in [-0.25, -0.2) is 0 Å². The second-order valence-corrected chi connectivity index (χ2v) is 7.18. The van der Waals surface area contributed by atoms with Gasteiger partial charge < -0.3 is 14.5 Å². The highest BCUT2D eigenvalue weighted by Gasteiger charge is 2.28. The van der Waals surface area contributed by atoms with E-state index in [-0.39, 0.29) is 12.0 Å². The molecule has 0 aromatic carbocycles. The number of rotatable bonds is 6. The van der Waals surface area contributed by atoms with Crippen LogP contribution >= 0.6 is 0 Å². The van der Waals surface area contributed by atoms with Crippen LogP contribution in [0, 0.1) is 5.92 Å². The lowest BCUT2D eigenvalue weighted by atomic mass is 10.0. The van der Waals surface area contributed by atoms with E-state index in [4.69, 9.17) is 4.74 Å². The van der Waals surface area contributed by atoms with Crippen LogP contribution in [-0.2, 0) is 4.79 Å². The molecule has 1 saturated heterocycles. The minimum absolute atomic E-state index is 0.0277. The summed E-state index contributed by atoms with van der Waals surface area (Å²) in [5, 5.41) is 8.22. The summed E-state index contributed by atoms with van der Waals surface area (Å²) in [7, 11) is 3.85. The fourth-order valence-electron chi connectivity index (χ4n) is 3.62. The maximum Gasteiger partial charge on any atom is 0.233 e. The van der Waals surface area contributed by atoms with Crippen molar-refractivity contribution in [1.82, 2.24) is 15.1 Å². The van der Waals surface area contributed by atoms with Crippen LogP contribution < -0.4 is 9.64 Å². The van der Waals surface area contributed by atoms with E-state index in [2.05, 4.69) is 10.2 Å². The first kappa shape index (κ1) is 17.0. The van der Waals surface area contributed by atoms with Gasteiger partial charge in [-0.15, -0.1) is 10.2 Å². The van der Waals surface area contributed by atoms with Crippen LogP contribution in [0.25, 0.3) is 0 Å². The minimum atomic E-state index is 0.0277. The highest BCUT2D eigenvalue weighted by molar-refractivity contribution is 5.76. The summed E-state index contributed by atoms with van der Waals surface area (Å²) < 4.78 is 5.88. The highest BCUT2D eigenvalue weighted by atomic mass is 16.5. The van der Waals surface area contributed by atoms with E-state index < -0.39 is 0 Å². The molecule has 24 heavy (non-hydrogen) atoms. The van der Waals surface area contributed by atoms with Crippen molar-refractivity contribution in [3.63, 3.8) is 0 Å². The zero-order chi connectivity index (χ0) is 16.9. The summed E-state index contributed by atoms with van der Waals surface area (Å²) in [5.41, 5.74) is 0. The van der Waals surface area contributed by atoms with E-state index in [1.807, 2.05) is 36.0 Å². The van der Waals surface area contributed by atoms with Crippen molar-refractivity contribution in [3.05, 3.63) is 12.1 Å². The van der Waals surface area contributed by atoms with Gasteiger partial charge in [-0.1, -0.05) is 25.7 Å². The Hall–Kier alpha value is -1.85. The first-order valence-electron chi connectivity index (χ1n) is 9.07. The predicted molar refractivity (Wildman–Crippen MR) is 93.2 cm³/mol. The van der Waals surface area contributed by atoms with E-state index >= 15 is 0 Å². The van der Waals surface area contributed by atoms with Crippen molar-refractivity contribution in [1.29, 1.82) is 0 Å². The number of carbonyl (C=O) groups is 1. The number of hydrogen-bond acceptors (Lipinski definition) is 5. The third-order valence-corrected chi connectivity index (χ3v) is 5.11. The Bertz CT molecular complexity index is 540. The summed E-state index contributed by atoms with van der Waals surface area (Å²) in [6, 6.07) is 3.73. The maximum atomic E-state index is 12.4. The molecule has 0 unspecified atom stereocenters. The van der Waals surface area contributed by atoms with Crippen molar-refractivity contribution in [2.75, 3.05) is 32.1 Å². The molecule has 1 saturated carbocycles. The van der Waals surface area contributed by atoms with Crippen molar-refractivity contribution < 1.29 is 9.53 Å². The molecule has 1 aromatic rings. The summed E-state index contributed by atoms with van der Waals surface area (Å²) in [6.45, 7) is 1.46. The van der Waals surface area contributed by atoms with E-state index in [0.717, 1.165) is 31.1 Å². The SMILES string of the molecule is CN(C)c1ccc(O[C@H]2CCN(C(=O)CCC3CCCC3)C2)nn1. The molecule has 2 heterocycles. The number of nitrogens with zero attached hydrogens (tertiary/aromatic N) is 4. The van der Waals surface area contributed by atoms with Gasteiger partial charge in [-0.2, -0.15) is 0 Å². The van der Waals surface area contributed by atoms with Crippen molar-refractivity contribution >= 4 is 11.7 Å². The molecule has 0 radical (unpaired) electrons. The van der Waals surface area contributed by atoms with E-state index in [9.17, 15) is 4.79 Å². The fraction of sp³-hybridized carbons (Fsp3) is 0.722. The lowest BCUT2D eigenvalue weighted by Crippen LogP contribution is -2.31. The maximum absolute atomic E-state index is 12.4. The Labute approximate surface area is 144 Å². The van der Waals surface area contributed by atoms with Crippen LogP contribution in [0.2, 0.25) is 0 Å². The number of ether oxygens (including phenoxy) is 1. The predicted octanol–water partition coefficient (Wildman–Crippen LogP) is 2.49. The number of likely N-dealkylation sites (tertiary alicyclic amines) is 1. The van der Waals surface area contributed by atoms with Crippen LogP contribution in [0.4, 0.5) is 5.82 Å². The summed E-state index contributed by atoms with van der Waals surface area (Å²) in [5.74, 6) is 2.39. The number of anilines is 1. The van der Waals surface area contributed by atoms with Gasteiger partial charge in [0.15, 0.2) is 5.82 Å². The van der Waals surface area contributed by atoms with Gasteiger partial charge in [-0.05, 0) is 18.4 Å². The third kappa shape index (κ3) is 4.36. The number of aromatic nitrogens is 2. The number of carbonyl (C=O) groups excluding carboxylic acids is 1. The quantitative estimate of drug-likeness (QED) is 0.801. The Morgan fingerprint density at radius 2 is 2.04 bits per heavy atom. The molecule has 1 atom stereocenters. The lowest BCUT2D eigenvalue weighted by molar-refractivity contribution is -0.130. The zero-order valence-corrected chi connectivity index (χ0v) is 14.8. The molecule has 1 aromatic heterocycles. The fourth-order valence-corrected chi connectivity index (χ4v) is 3.62. The van der Waals surface area contributed by atoms with E-state index in [1.165, 1.54) is 25.7 Å². The summed E-state index contributed by atoms with van der Waals surface area (Å²) >= 11 is 0. The topological polar surface area (TPSA) is 58.6 Å². The molecule has 6 heteroatoms. The van der Waals surface area contributed by atoms with Gasteiger partial charge in [0.25, 0.3) is 0 Å². The molecule has 1 amide bonds. The van der Waals surface area contributed by atoms with Gasteiger partial charge >= 0.3 is 0 Å². The lowest BCUT2D eigenvalue weighted by Gasteiger charge is -2.18. The first-order chi connectivity index (χ1) is 11.6. The molecular formula is C18H28N4O2. The van der Waals surface area contributed by atoms with Crippen molar-refractivity contribution in [2.24, 2.45) is 5.92 Å². The van der Waals surface area contributed by atoms with Crippen LogP contribution in [-0.4, -0.2) is 54.3 Å². The average Bonchev–Trinajstić information content (AvgIpc) is 3.25. The van der Waals surface area contributed by atoms with Crippen LogP contribution in [0.5, 0.6) is 5.88 Å². The van der Waals surface area contributed by atoms with Gasteiger partial charge in [-0.3, -0.25) is 4.79 Å². The Morgan fingerprint density at radius 3 is 2.71 bits per heavy atom. The van der Waals surface area contributed by atoms with E-state index in [0.29, 0.717) is 18.8 Å². The first-order valence-corrected chi connectivity index (χ1v) is 9.07. The minimum Gasteiger partial charge on any atom is -0.471 e. The third-order valence-electron chi connectivity index (χ3n) is 5.11. The van der Waals surface area contributed by atoms with Crippen LogP contribution in [0.3, 0.4) is 0 Å². The molecule has 0 spiro atoms. The molecule has 0 bridgehead atoms.